The lowest BCUT2D eigenvalue weighted by Crippen LogP contribution is -2.03. The van der Waals surface area contributed by atoms with Crippen molar-refractivity contribution in [2.24, 2.45) is 0 Å². The molecule has 0 amide bonds. The van der Waals surface area contributed by atoms with Gasteiger partial charge in [-0.15, -0.1) is 11.6 Å². The first-order valence-electron chi connectivity index (χ1n) is 5.79. The zero-order chi connectivity index (χ0) is 14.3. The van der Waals surface area contributed by atoms with Crippen LogP contribution in [0.1, 0.15) is 5.82 Å². The van der Waals surface area contributed by atoms with Crippen LogP contribution in [0.25, 0.3) is 16.7 Å². The normalized spacial score (nSPS) is 11.2. The molecule has 0 N–H and O–H groups in total. The summed E-state index contributed by atoms with van der Waals surface area (Å²) in [7, 11) is 0. The number of hydrogen-bond acceptors (Lipinski definition) is 1. The highest BCUT2D eigenvalue weighted by molar-refractivity contribution is 6.32. The molecule has 20 heavy (non-hydrogen) atoms. The van der Waals surface area contributed by atoms with Gasteiger partial charge in [-0.05, 0) is 24.3 Å². The SMILES string of the molecule is Fc1ccc2c(c1)nc(CCl)n2-c1c(F)cccc1Cl. The van der Waals surface area contributed by atoms with Gasteiger partial charge in [0.05, 0.1) is 21.9 Å². The maximum absolute atomic E-state index is 14.1. The molecule has 3 aromatic rings. The summed E-state index contributed by atoms with van der Waals surface area (Å²) in [6.45, 7) is 0. The van der Waals surface area contributed by atoms with Crippen LogP contribution in [0.5, 0.6) is 0 Å². The number of para-hydroxylation sites is 1. The van der Waals surface area contributed by atoms with E-state index in [0.717, 1.165) is 0 Å². The maximum atomic E-state index is 14.1. The van der Waals surface area contributed by atoms with E-state index in [0.29, 0.717) is 16.9 Å². The number of imidazole rings is 1. The van der Waals surface area contributed by atoms with E-state index in [1.54, 1.807) is 6.07 Å². The summed E-state index contributed by atoms with van der Waals surface area (Å²) in [5.74, 6) is -0.448. The van der Waals surface area contributed by atoms with E-state index < -0.39 is 11.6 Å². The van der Waals surface area contributed by atoms with Crippen LogP contribution >= 0.6 is 23.2 Å². The fraction of sp³-hybridized carbons (Fsp3) is 0.0714. The second kappa shape index (κ2) is 5.04. The Hall–Kier alpha value is -1.65. The van der Waals surface area contributed by atoms with Gasteiger partial charge in [0.25, 0.3) is 0 Å². The highest BCUT2D eigenvalue weighted by Crippen LogP contribution is 2.29. The molecule has 0 bridgehead atoms. The topological polar surface area (TPSA) is 17.8 Å². The third-order valence-electron chi connectivity index (χ3n) is 2.97. The molecule has 0 fully saturated rings. The smallest absolute Gasteiger partial charge is 0.148 e. The summed E-state index contributed by atoms with van der Waals surface area (Å²) in [5.41, 5.74) is 1.12. The lowest BCUT2D eigenvalue weighted by atomic mass is 10.2. The van der Waals surface area contributed by atoms with Crippen molar-refractivity contribution in [2.45, 2.75) is 5.88 Å². The van der Waals surface area contributed by atoms with Gasteiger partial charge in [0, 0.05) is 6.07 Å². The first kappa shape index (κ1) is 13.3. The number of fused-ring (bicyclic) bond motifs is 1. The Balaban J connectivity index is 2.40. The van der Waals surface area contributed by atoms with Crippen molar-refractivity contribution in [3.05, 3.63) is 58.9 Å². The van der Waals surface area contributed by atoms with Crippen LogP contribution in [0.2, 0.25) is 5.02 Å². The van der Waals surface area contributed by atoms with Gasteiger partial charge < -0.3 is 0 Å². The summed E-state index contributed by atoms with van der Waals surface area (Å²) in [4.78, 5) is 4.22. The van der Waals surface area contributed by atoms with E-state index in [9.17, 15) is 8.78 Å². The van der Waals surface area contributed by atoms with Gasteiger partial charge in [-0.25, -0.2) is 13.8 Å². The molecule has 6 heteroatoms. The minimum absolute atomic E-state index is 0.0565. The van der Waals surface area contributed by atoms with Crippen LogP contribution in [0.15, 0.2) is 36.4 Å². The molecule has 1 aromatic heterocycles. The Kier molecular flexibility index (Phi) is 3.36. The van der Waals surface area contributed by atoms with Gasteiger partial charge in [-0.1, -0.05) is 17.7 Å². The van der Waals surface area contributed by atoms with E-state index in [1.807, 2.05) is 0 Å². The monoisotopic (exact) mass is 312 g/mol. The van der Waals surface area contributed by atoms with Gasteiger partial charge in [-0.3, -0.25) is 4.57 Å². The number of benzene rings is 2. The van der Waals surface area contributed by atoms with Crippen molar-refractivity contribution in [1.29, 1.82) is 0 Å². The Morgan fingerprint density at radius 2 is 1.95 bits per heavy atom. The van der Waals surface area contributed by atoms with Gasteiger partial charge >= 0.3 is 0 Å². The molecule has 0 saturated heterocycles. The fourth-order valence-electron chi connectivity index (χ4n) is 2.15. The third kappa shape index (κ3) is 2.05. The average Bonchev–Trinajstić information content (AvgIpc) is 2.76. The molecule has 0 unspecified atom stereocenters. The molecule has 0 aliphatic carbocycles. The fourth-order valence-corrected chi connectivity index (χ4v) is 2.57. The van der Waals surface area contributed by atoms with Gasteiger partial charge in [0.2, 0.25) is 0 Å². The maximum Gasteiger partial charge on any atom is 0.148 e. The Bertz CT molecular complexity index is 779. The Morgan fingerprint density at radius 3 is 2.65 bits per heavy atom. The van der Waals surface area contributed by atoms with Crippen molar-refractivity contribution >= 4 is 34.2 Å². The highest BCUT2D eigenvalue weighted by atomic mass is 35.5. The minimum Gasteiger partial charge on any atom is -0.291 e. The van der Waals surface area contributed by atoms with Crippen LogP contribution in [0, 0.1) is 11.6 Å². The molecular formula is C14H8Cl2F2N2. The predicted octanol–water partition coefficient (Wildman–Crippen LogP) is 4.70. The standard InChI is InChI=1S/C14H8Cl2F2N2/c15-7-13-19-11-6-8(17)4-5-12(11)20(13)14-9(16)2-1-3-10(14)18/h1-6H,7H2. The lowest BCUT2D eigenvalue weighted by Gasteiger charge is -2.10. The first-order valence-corrected chi connectivity index (χ1v) is 6.70. The second-order valence-electron chi connectivity index (χ2n) is 4.20. The molecule has 3 rings (SSSR count). The van der Waals surface area contributed by atoms with Gasteiger partial charge in [0.15, 0.2) is 0 Å². The molecule has 0 spiro atoms. The van der Waals surface area contributed by atoms with E-state index in [4.69, 9.17) is 23.2 Å². The van der Waals surface area contributed by atoms with Crippen LogP contribution in [-0.4, -0.2) is 9.55 Å². The number of alkyl halides is 1. The third-order valence-corrected chi connectivity index (χ3v) is 3.51. The predicted molar refractivity (Wildman–Crippen MR) is 75.6 cm³/mol. The minimum atomic E-state index is -0.493. The summed E-state index contributed by atoms with van der Waals surface area (Å²) < 4.78 is 28.9. The molecule has 0 atom stereocenters. The van der Waals surface area contributed by atoms with Crippen LogP contribution < -0.4 is 0 Å². The van der Waals surface area contributed by atoms with Crippen molar-refractivity contribution in [3.63, 3.8) is 0 Å². The highest BCUT2D eigenvalue weighted by Gasteiger charge is 2.17. The molecule has 2 nitrogen and oxygen atoms in total. The molecule has 0 aliphatic rings. The Labute approximate surface area is 123 Å². The largest absolute Gasteiger partial charge is 0.291 e. The molecule has 2 aromatic carbocycles. The van der Waals surface area contributed by atoms with Crippen LogP contribution in [0.4, 0.5) is 8.78 Å². The average molecular weight is 313 g/mol. The van der Waals surface area contributed by atoms with Crippen molar-refractivity contribution in [3.8, 4) is 5.69 Å². The van der Waals surface area contributed by atoms with Crippen LogP contribution in [-0.2, 0) is 5.88 Å². The van der Waals surface area contributed by atoms with E-state index in [2.05, 4.69) is 4.98 Å². The number of rotatable bonds is 2. The second-order valence-corrected chi connectivity index (χ2v) is 4.87. The van der Waals surface area contributed by atoms with Gasteiger partial charge in [-0.2, -0.15) is 0 Å². The first-order chi connectivity index (χ1) is 9.61. The summed E-state index contributed by atoms with van der Waals surface area (Å²) >= 11 is 11.9. The molecule has 0 saturated carbocycles. The molecule has 0 radical (unpaired) electrons. The summed E-state index contributed by atoms with van der Waals surface area (Å²) in [6, 6.07) is 8.47. The number of nitrogens with zero attached hydrogens (tertiary/aromatic N) is 2. The zero-order valence-electron chi connectivity index (χ0n) is 10.1. The lowest BCUT2D eigenvalue weighted by molar-refractivity contribution is 0.618. The molecule has 102 valence electrons. The molecule has 0 aliphatic heterocycles. The molecule has 1 heterocycles. The quantitative estimate of drug-likeness (QED) is 0.627. The van der Waals surface area contributed by atoms with E-state index >= 15 is 0 Å². The van der Waals surface area contributed by atoms with Crippen molar-refractivity contribution in [2.75, 3.05) is 0 Å². The summed E-state index contributed by atoms with van der Waals surface area (Å²) in [5, 5.41) is 0.236. The Morgan fingerprint density at radius 1 is 1.15 bits per heavy atom. The number of halogens is 4. The van der Waals surface area contributed by atoms with E-state index in [1.165, 1.54) is 34.9 Å². The van der Waals surface area contributed by atoms with Crippen LogP contribution in [0.3, 0.4) is 0 Å². The van der Waals surface area contributed by atoms with Crippen molar-refractivity contribution in [1.82, 2.24) is 9.55 Å². The number of aromatic nitrogens is 2. The van der Waals surface area contributed by atoms with Gasteiger partial charge in [0.1, 0.15) is 23.1 Å². The molecular weight excluding hydrogens is 305 g/mol. The zero-order valence-corrected chi connectivity index (χ0v) is 11.6. The number of hydrogen-bond donors (Lipinski definition) is 0. The summed E-state index contributed by atoms with van der Waals surface area (Å²) in [6.07, 6.45) is 0. The van der Waals surface area contributed by atoms with Crippen molar-refractivity contribution < 1.29 is 8.78 Å². The van der Waals surface area contributed by atoms with E-state index in [-0.39, 0.29) is 16.6 Å².